The Morgan fingerprint density at radius 1 is 1.14 bits per heavy atom. The number of unbranched alkanes of at least 4 members (excludes halogenated alkanes) is 2. The molecule has 2 heterocycles. The first kappa shape index (κ1) is 35.5. The van der Waals surface area contributed by atoms with Crippen LogP contribution in [0.15, 0.2) is 15.8 Å². The third kappa shape index (κ3) is 12.6. The van der Waals surface area contributed by atoms with Crippen LogP contribution in [0.2, 0.25) is 0 Å². The minimum absolute atomic E-state index is 0.0256. The number of H-pyrrole nitrogens is 1. The fraction of sp³-hybridized carbons (Fsp3) is 0.690. The normalized spacial score (nSPS) is 19.1. The van der Waals surface area contributed by atoms with Crippen molar-refractivity contribution >= 4 is 18.0 Å². The number of rotatable bonds is 11. The van der Waals surface area contributed by atoms with Gasteiger partial charge in [0.05, 0.1) is 19.3 Å². The van der Waals surface area contributed by atoms with Gasteiger partial charge in [-0.25, -0.2) is 14.4 Å². The number of aromatic nitrogens is 2. The van der Waals surface area contributed by atoms with Crippen molar-refractivity contribution < 1.29 is 43.5 Å². The first-order chi connectivity index (χ1) is 20.0. The molecular formula is C29H43N3O11. The summed E-state index contributed by atoms with van der Waals surface area (Å²) in [6, 6.07) is -1.12. The lowest BCUT2D eigenvalue weighted by atomic mass is 10.1. The second kappa shape index (κ2) is 15.7. The first-order valence-electron chi connectivity index (χ1n) is 14.2. The van der Waals surface area contributed by atoms with Gasteiger partial charge in [-0.1, -0.05) is 11.8 Å². The fourth-order valence-corrected chi connectivity index (χ4v) is 3.94. The van der Waals surface area contributed by atoms with E-state index in [0.29, 0.717) is 19.3 Å². The van der Waals surface area contributed by atoms with Gasteiger partial charge in [0, 0.05) is 25.5 Å². The number of aromatic amines is 1. The van der Waals surface area contributed by atoms with E-state index in [9.17, 15) is 34.2 Å². The van der Waals surface area contributed by atoms with Crippen LogP contribution < -0.4 is 16.6 Å². The van der Waals surface area contributed by atoms with Gasteiger partial charge >= 0.3 is 23.7 Å². The lowest BCUT2D eigenvalue weighted by Gasteiger charge is -2.23. The second-order valence-corrected chi connectivity index (χ2v) is 12.1. The summed E-state index contributed by atoms with van der Waals surface area (Å²) < 4.78 is 22.4. The zero-order valence-corrected chi connectivity index (χ0v) is 25.6. The molecule has 2 rings (SSSR count). The molecule has 1 aliphatic rings. The molecule has 1 aromatic rings. The number of nitrogens with zero attached hydrogens (tertiary/aromatic N) is 1. The highest BCUT2D eigenvalue weighted by Gasteiger charge is 2.35. The third-order valence-electron chi connectivity index (χ3n) is 5.86. The second-order valence-electron chi connectivity index (χ2n) is 12.1. The smallest absolute Gasteiger partial charge is 0.408 e. The minimum atomic E-state index is -1.12. The van der Waals surface area contributed by atoms with Crippen LogP contribution in [0.3, 0.4) is 0 Å². The van der Waals surface area contributed by atoms with E-state index < -0.39 is 71.6 Å². The average molecular weight is 610 g/mol. The average Bonchev–Trinajstić information content (AvgIpc) is 3.24. The Hall–Kier alpha value is -3.67. The van der Waals surface area contributed by atoms with E-state index in [0.717, 1.165) is 4.57 Å². The van der Waals surface area contributed by atoms with Crippen molar-refractivity contribution in [1.29, 1.82) is 0 Å². The number of nitrogens with one attached hydrogen (secondary N) is 2. The molecule has 0 aromatic carbocycles. The molecule has 14 heteroatoms. The number of hydrogen-bond acceptors (Lipinski definition) is 11. The maximum Gasteiger partial charge on any atom is 0.408 e. The van der Waals surface area contributed by atoms with Crippen molar-refractivity contribution in [2.75, 3.05) is 13.2 Å². The number of carbonyl (C=O) groups is 3. The Balaban J connectivity index is 1.90. The summed E-state index contributed by atoms with van der Waals surface area (Å²) in [6.07, 6.45) is -1.02. The highest BCUT2D eigenvalue weighted by atomic mass is 16.6. The molecule has 14 nitrogen and oxygen atoms in total. The summed E-state index contributed by atoms with van der Waals surface area (Å²) in [7, 11) is 0. The number of ether oxygens (including phenoxy) is 4. The van der Waals surface area contributed by atoms with Gasteiger partial charge in [-0.3, -0.25) is 19.1 Å². The van der Waals surface area contributed by atoms with Crippen LogP contribution in [-0.2, 0) is 28.5 Å². The summed E-state index contributed by atoms with van der Waals surface area (Å²) in [5.41, 5.74) is -2.85. The van der Waals surface area contributed by atoms with E-state index in [-0.39, 0.29) is 31.4 Å². The van der Waals surface area contributed by atoms with Crippen molar-refractivity contribution in [2.45, 2.75) is 116 Å². The van der Waals surface area contributed by atoms with Crippen LogP contribution in [-0.4, -0.2) is 80.5 Å². The molecule has 4 atom stereocenters. The SMILES string of the molecule is CC(C)(C)OC(=O)CCC(NC(=O)OC(C)(C)C)C(=O)OCCCCC#Cc1cn([C@H]2C[C@@H](O)[C@@H](CO)O2)c(=O)[nH]c1=O. The number of aliphatic hydroxyl groups is 2. The van der Waals surface area contributed by atoms with Crippen LogP contribution >= 0.6 is 0 Å². The molecule has 1 fully saturated rings. The van der Waals surface area contributed by atoms with Gasteiger partial charge in [0.15, 0.2) is 0 Å². The number of hydrogen-bond donors (Lipinski definition) is 4. The molecule has 1 amide bonds. The number of amides is 1. The maximum atomic E-state index is 12.7. The van der Waals surface area contributed by atoms with E-state index >= 15 is 0 Å². The van der Waals surface area contributed by atoms with Gasteiger partial charge in [-0.05, 0) is 60.8 Å². The van der Waals surface area contributed by atoms with Gasteiger partial charge in [0.2, 0.25) is 0 Å². The lowest BCUT2D eigenvalue weighted by molar-refractivity contribution is -0.155. The van der Waals surface area contributed by atoms with Gasteiger partial charge in [0.1, 0.15) is 35.1 Å². The van der Waals surface area contributed by atoms with Crippen molar-refractivity contribution in [1.82, 2.24) is 14.9 Å². The van der Waals surface area contributed by atoms with Crippen LogP contribution in [0.1, 0.15) is 91.9 Å². The maximum absolute atomic E-state index is 12.7. The van der Waals surface area contributed by atoms with Crippen LogP contribution in [0.5, 0.6) is 0 Å². The monoisotopic (exact) mass is 609 g/mol. The standard InChI is InChI=1S/C29H43N3O11/c1-28(2,3)42-23(35)13-12-19(30-27(39)43-29(4,5)6)25(37)40-14-10-8-7-9-11-18-16-32(26(38)31-24(18)36)22-15-20(34)21(17-33)41-22/h16,19-22,33-34H,7-8,10,12-15,17H2,1-6H3,(H,30,39)(H,31,36,38)/t19?,20-,21-,22-/m1/s1. The largest absolute Gasteiger partial charge is 0.464 e. The topological polar surface area (TPSA) is 195 Å². The first-order valence-corrected chi connectivity index (χ1v) is 14.2. The summed E-state index contributed by atoms with van der Waals surface area (Å²) in [6.45, 7) is 9.82. The highest BCUT2D eigenvalue weighted by Crippen LogP contribution is 2.27. The molecule has 0 radical (unpaired) electrons. The molecule has 240 valence electrons. The van der Waals surface area contributed by atoms with Crippen LogP contribution in [0.4, 0.5) is 4.79 Å². The summed E-state index contributed by atoms with van der Waals surface area (Å²) >= 11 is 0. The van der Waals surface area contributed by atoms with Gasteiger partial charge in [-0.15, -0.1) is 0 Å². The molecule has 1 aromatic heterocycles. The van der Waals surface area contributed by atoms with Crippen molar-refractivity contribution in [3.8, 4) is 11.8 Å². The van der Waals surface area contributed by atoms with Gasteiger partial charge in [-0.2, -0.15) is 0 Å². The van der Waals surface area contributed by atoms with Crippen molar-refractivity contribution in [2.24, 2.45) is 0 Å². The highest BCUT2D eigenvalue weighted by molar-refractivity contribution is 5.82. The molecule has 0 bridgehead atoms. The Morgan fingerprint density at radius 3 is 2.42 bits per heavy atom. The van der Waals surface area contributed by atoms with Crippen molar-refractivity contribution in [3.05, 3.63) is 32.6 Å². The third-order valence-corrected chi connectivity index (χ3v) is 5.86. The Morgan fingerprint density at radius 2 is 1.81 bits per heavy atom. The van der Waals surface area contributed by atoms with E-state index in [1.54, 1.807) is 41.5 Å². The lowest BCUT2D eigenvalue weighted by Crippen LogP contribution is -2.44. The predicted molar refractivity (Wildman–Crippen MR) is 153 cm³/mol. The summed E-state index contributed by atoms with van der Waals surface area (Å²) in [5.74, 6) is 4.30. The van der Waals surface area contributed by atoms with E-state index in [1.807, 2.05) is 0 Å². The molecule has 4 N–H and O–H groups in total. The van der Waals surface area contributed by atoms with Gasteiger partial charge in [0.25, 0.3) is 5.56 Å². The molecule has 43 heavy (non-hydrogen) atoms. The Kier molecular flexibility index (Phi) is 13.0. The molecule has 0 spiro atoms. The van der Waals surface area contributed by atoms with E-state index in [2.05, 4.69) is 22.1 Å². The number of esters is 2. The van der Waals surface area contributed by atoms with Gasteiger partial charge < -0.3 is 34.5 Å². The number of carbonyl (C=O) groups excluding carboxylic acids is 3. The minimum Gasteiger partial charge on any atom is -0.464 e. The number of alkyl carbamates (subject to hydrolysis) is 1. The van der Waals surface area contributed by atoms with Crippen LogP contribution in [0.25, 0.3) is 0 Å². The zero-order valence-electron chi connectivity index (χ0n) is 25.6. The Bertz CT molecular complexity index is 1290. The number of aliphatic hydroxyl groups excluding tert-OH is 2. The van der Waals surface area contributed by atoms with E-state index in [1.165, 1.54) is 6.20 Å². The predicted octanol–water partition coefficient (Wildman–Crippen LogP) is 1.26. The molecule has 1 saturated heterocycles. The van der Waals surface area contributed by atoms with Crippen molar-refractivity contribution in [3.63, 3.8) is 0 Å². The fourth-order valence-electron chi connectivity index (χ4n) is 3.94. The van der Waals surface area contributed by atoms with Crippen LogP contribution in [0, 0.1) is 11.8 Å². The molecule has 1 aliphatic heterocycles. The molecular weight excluding hydrogens is 566 g/mol. The summed E-state index contributed by atoms with van der Waals surface area (Å²) in [4.78, 5) is 63.7. The molecule has 0 saturated carbocycles. The molecule has 1 unspecified atom stereocenters. The Labute approximate surface area is 250 Å². The zero-order chi connectivity index (χ0) is 32.4. The summed E-state index contributed by atoms with van der Waals surface area (Å²) in [5, 5.41) is 21.7. The quantitative estimate of drug-likeness (QED) is 0.122. The van der Waals surface area contributed by atoms with E-state index in [4.69, 9.17) is 18.9 Å². The molecule has 0 aliphatic carbocycles.